The molecule has 5 nitrogen and oxygen atoms in total. The van der Waals surface area contributed by atoms with E-state index in [-0.39, 0.29) is 0 Å². The Morgan fingerprint density at radius 2 is 2.00 bits per heavy atom. The first-order chi connectivity index (χ1) is 8.25. The maximum atomic E-state index is 5.12. The summed E-state index contributed by atoms with van der Waals surface area (Å²) in [5.41, 5.74) is 1.10. The molecule has 0 amide bonds. The smallest absolute Gasteiger partial charge is 0.265 e. The molecule has 0 atom stereocenters. The first kappa shape index (κ1) is 11.4. The summed E-state index contributed by atoms with van der Waals surface area (Å²) in [4.78, 5) is 6.07. The van der Waals surface area contributed by atoms with Crippen LogP contribution in [0.3, 0.4) is 0 Å². The van der Waals surface area contributed by atoms with Gasteiger partial charge in [-0.2, -0.15) is 4.98 Å². The van der Waals surface area contributed by atoms with Crippen LogP contribution in [0.1, 0.15) is 5.89 Å². The predicted octanol–water partition coefficient (Wildman–Crippen LogP) is 1.79. The third-order valence-electron chi connectivity index (χ3n) is 2.30. The van der Waals surface area contributed by atoms with Crippen molar-refractivity contribution >= 4 is 11.6 Å². The van der Waals surface area contributed by atoms with Gasteiger partial charge in [-0.25, -0.2) is 0 Å². The molecule has 5 heteroatoms. The highest BCUT2D eigenvalue weighted by molar-refractivity contribution is 5.42. The fourth-order valence-corrected chi connectivity index (χ4v) is 1.40. The summed E-state index contributed by atoms with van der Waals surface area (Å²) in [6.45, 7) is 0.777. The molecule has 1 aromatic carbocycles. The Balaban J connectivity index is 1.82. The molecular weight excluding hydrogens is 216 g/mol. The van der Waals surface area contributed by atoms with E-state index in [1.807, 2.05) is 49.3 Å². The van der Waals surface area contributed by atoms with E-state index < -0.39 is 0 Å². The van der Waals surface area contributed by atoms with E-state index in [1.165, 1.54) is 0 Å². The average Bonchev–Trinajstić information content (AvgIpc) is 2.79. The van der Waals surface area contributed by atoms with Crippen LogP contribution >= 0.6 is 0 Å². The van der Waals surface area contributed by atoms with Gasteiger partial charge in [-0.15, -0.1) is 0 Å². The van der Waals surface area contributed by atoms with Crippen LogP contribution in [0.5, 0.6) is 0 Å². The number of aromatic nitrogens is 2. The lowest BCUT2D eigenvalue weighted by molar-refractivity contribution is 0.380. The first-order valence-electron chi connectivity index (χ1n) is 5.54. The summed E-state index contributed by atoms with van der Waals surface area (Å²) < 4.78 is 5.12. The molecule has 0 unspecified atom stereocenters. The van der Waals surface area contributed by atoms with Crippen molar-refractivity contribution in [1.29, 1.82) is 0 Å². The normalized spacial score (nSPS) is 10.2. The summed E-state index contributed by atoms with van der Waals surface area (Å²) in [6, 6.07) is 10.0. The molecule has 2 rings (SSSR count). The van der Waals surface area contributed by atoms with Crippen LogP contribution in [-0.4, -0.2) is 30.8 Å². The maximum absolute atomic E-state index is 5.12. The van der Waals surface area contributed by atoms with Crippen LogP contribution in [0.4, 0.5) is 11.6 Å². The number of hydrogen-bond acceptors (Lipinski definition) is 5. The number of benzene rings is 1. The van der Waals surface area contributed by atoms with Gasteiger partial charge < -0.3 is 14.7 Å². The minimum atomic E-state index is 0.611. The summed E-state index contributed by atoms with van der Waals surface area (Å²) in [5.74, 6) is 1.26. The van der Waals surface area contributed by atoms with Gasteiger partial charge in [-0.05, 0) is 17.3 Å². The molecule has 1 aromatic heterocycles. The molecule has 0 saturated heterocycles. The Morgan fingerprint density at radius 3 is 2.65 bits per heavy atom. The number of hydrogen-bond donors (Lipinski definition) is 1. The molecule has 0 radical (unpaired) electrons. The molecule has 0 saturated carbocycles. The average molecular weight is 232 g/mol. The zero-order chi connectivity index (χ0) is 12.1. The molecule has 0 spiro atoms. The Kier molecular flexibility index (Phi) is 3.59. The van der Waals surface area contributed by atoms with Crippen molar-refractivity contribution in [3.63, 3.8) is 0 Å². The van der Waals surface area contributed by atoms with Crippen molar-refractivity contribution < 1.29 is 4.52 Å². The van der Waals surface area contributed by atoms with Gasteiger partial charge in [0.05, 0.1) is 0 Å². The minimum Gasteiger partial charge on any atom is -0.385 e. The highest BCUT2D eigenvalue weighted by atomic mass is 16.5. The largest absolute Gasteiger partial charge is 0.385 e. The molecule has 1 N–H and O–H groups in total. The van der Waals surface area contributed by atoms with Gasteiger partial charge in [-0.1, -0.05) is 18.2 Å². The molecule has 2 aromatic rings. The zero-order valence-electron chi connectivity index (χ0n) is 10.1. The van der Waals surface area contributed by atoms with Gasteiger partial charge >= 0.3 is 0 Å². The van der Waals surface area contributed by atoms with Crippen molar-refractivity contribution in [3.8, 4) is 0 Å². The van der Waals surface area contributed by atoms with E-state index in [9.17, 15) is 0 Å². The van der Waals surface area contributed by atoms with Crippen molar-refractivity contribution in [2.45, 2.75) is 6.42 Å². The second-order valence-electron chi connectivity index (χ2n) is 3.93. The third kappa shape index (κ3) is 3.21. The Bertz CT molecular complexity index is 453. The molecule has 17 heavy (non-hydrogen) atoms. The molecule has 0 aliphatic heterocycles. The van der Waals surface area contributed by atoms with E-state index >= 15 is 0 Å². The van der Waals surface area contributed by atoms with Crippen molar-refractivity contribution in [2.75, 3.05) is 30.9 Å². The van der Waals surface area contributed by atoms with Crippen LogP contribution in [0.2, 0.25) is 0 Å². The molecule has 0 aliphatic carbocycles. The van der Waals surface area contributed by atoms with Gasteiger partial charge in [-0.3, -0.25) is 0 Å². The predicted molar refractivity (Wildman–Crippen MR) is 67.3 cm³/mol. The lowest BCUT2D eigenvalue weighted by Gasteiger charge is -2.03. The van der Waals surface area contributed by atoms with Crippen LogP contribution < -0.4 is 10.2 Å². The summed E-state index contributed by atoms with van der Waals surface area (Å²) in [5, 5.41) is 7.14. The van der Waals surface area contributed by atoms with Crippen molar-refractivity contribution in [1.82, 2.24) is 10.1 Å². The molecule has 0 fully saturated rings. The molecule has 1 heterocycles. The fourth-order valence-electron chi connectivity index (χ4n) is 1.40. The van der Waals surface area contributed by atoms with Crippen LogP contribution in [-0.2, 0) is 6.42 Å². The number of nitrogens with zero attached hydrogens (tertiary/aromatic N) is 3. The quantitative estimate of drug-likeness (QED) is 0.851. The molecular formula is C12H16N4O. The first-order valence-corrected chi connectivity index (χ1v) is 5.54. The topological polar surface area (TPSA) is 54.2 Å². The van der Waals surface area contributed by atoms with Gasteiger partial charge in [0.1, 0.15) is 0 Å². The standard InChI is InChI=1S/C12H16N4O/c1-16(2)12-14-11(17-15-12)8-9-13-10-6-4-3-5-7-10/h3-7,13H,8-9H2,1-2H3. The molecule has 0 bridgehead atoms. The Labute approximate surface area is 100 Å². The lowest BCUT2D eigenvalue weighted by atomic mass is 10.3. The van der Waals surface area contributed by atoms with Crippen LogP contribution in [0, 0.1) is 0 Å². The Hall–Kier alpha value is -2.04. The fraction of sp³-hybridized carbons (Fsp3) is 0.333. The second kappa shape index (κ2) is 5.34. The van der Waals surface area contributed by atoms with Crippen molar-refractivity contribution in [2.24, 2.45) is 0 Å². The summed E-state index contributed by atoms with van der Waals surface area (Å²) in [7, 11) is 3.77. The number of nitrogens with one attached hydrogen (secondary N) is 1. The van der Waals surface area contributed by atoms with E-state index in [4.69, 9.17) is 4.52 Å². The SMILES string of the molecule is CN(C)c1noc(CCNc2ccccc2)n1. The van der Waals surface area contributed by atoms with E-state index in [2.05, 4.69) is 15.5 Å². The number of anilines is 2. The highest BCUT2D eigenvalue weighted by Crippen LogP contribution is 2.07. The summed E-state index contributed by atoms with van der Waals surface area (Å²) >= 11 is 0. The van der Waals surface area contributed by atoms with E-state index in [1.54, 1.807) is 0 Å². The molecule has 0 aliphatic rings. The summed E-state index contributed by atoms with van der Waals surface area (Å²) in [6.07, 6.45) is 0.718. The zero-order valence-corrected chi connectivity index (χ0v) is 10.1. The van der Waals surface area contributed by atoms with Crippen LogP contribution in [0.15, 0.2) is 34.9 Å². The monoisotopic (exact) mass is 232 g/mol. The number of rotatable bonds is 5. The second-order valence-corrected chi connectivity index (χ2v) is 3.93. The van der Waals surface area contributed by atoms with Gasteiger partial charge in [0.25, 0.3) is 5.95 Å². The van der Waals surface area contributed by atoms with Crippen molar-refractivity contribution in [3.05, 3.63) is 36.2 Å². The maximum Gasteiger partial charge on any atom is 0.265 e. The molecule has 90 valence electrons. The van der Waals surface area contributed by atoms with E-state index in [0.29, 0.717) is 11.8 Å². The minimum absolute atomic E-state index is 0.611. The van der Waals surface area contributed by atoms with E-state index in [0.717, 1.165) is 18.7 Å². The van der Waals surface area contributed by atoms with Gasteiger partial charge in [0.15, 0.2) is 0 Å². The Morgan fingerprint density at radius 1 is 1.24 bits per heavy atom. The number of para-hydroxylation sites is 1. The van der Waals surface area contributed by atoms with Crippen LogP contribution in [0.25, 0.3) is 0 Å². The lowest BCUT2D eigenvalue weighted by Crippen LogP contribution is -2.10. The van der Waals surface area contributed by atoms with Gasteiger partial charge in [0.2, 0.25) is 5.89 Å². The van der Waals surface area contributed by atoms with Gasteiger partial charge in [0, 0.05) is 32.7 Å². The highest BCUT2D eigenvalue weighted by Gasteiger charge is 2.06. The third-order valence-corrected chi connectivity index (χ3v) is 2.30.